The number of piperidine rings is 1. The highest BCUT2D eigenvalue weighted by Crippen LogP contribution is 2.28. The van der Waals surface area contributed by atoms with E-state index in [1.54, 1.807) is 0 Å². The van der Waals surface area contributed by atoms with Crippen molar-refractivity contribution < 1.29 is 26.7 Å². The van der Waals surface area contributed by atoms with Gasteiger partial charge in [-0.3, -0.25) is 4.40 Å². The van der Waals surface area contributed by atoms with E-state index in [0.717, 1.165) is 0 Å². The van der Waals surface area contributed by atoms with Crippen LogP contribution >= 0.6 is 0 Å². The van der Waals surface area contributed by atoms with Crippen molar-refractivity contribution in [1.29, 1.82) is 0 Å². The molecule has 154 valence electrons. The lowest BCUT2D eigenvalue weighted by Gasteiger charge is -2.28. The summed E-state index contributed by atoms with van der Waals surface area (Å²) in [7, 11) is 0. The molecule has 1 aliphatic rings. The summed E-state index contributed by atoms with van der Waals surface area (Å²) >= 11 is 0. The predicted octanol–water partition coefficient (Wildman–Crippen LogP) is 3.39. The number of anilines is 1. The molecule has 1 aliphatic heterocycles. The molecule has 0 amide bonds. The van der Waals surface area contributed by atoms with Gasteiger partial charge < -0.3 is 15.4 Å². The van der Waals surface area contributed by atoms with Crippen LogP contribution < -0.4 is 15.4 Å². The minimum atomic E-state index is -3.00. The molecule has 0 unspecified atom stereocenters. The number of halogens is 5. The van der Waals surface area contributed by atoms with Gasteiger partial charge >= 0.3 is 6.61 Å². The first kappa shape index (κ1) is 19.4. The summed E-state index contributed by atoms with van der Waals surface area (Å²) in [4.78, 5) is 8.03. The first-order valence-corrected chi connectivity index (χ1v) is 8.82. The third-order valence-electron chi connectivity index (χ3n) is 4.60. The molecule has 6 nitrogen and oxygen atoms in total. The molecule has 11 heteroatoms. The van der Waals surface area contributed by atoms with Gasteiger partial charge in [0.1, 0.15) is 23.3 Å². The SMILES string of the molecule is Fc1cc(F)c(-c2cnc3cc(OC(F)F)ccn23)nc1N[C@H]1CNCC[C@@H]1F. The number of hydrogen-bond donors (Lipinski definition) is 2. The van der Waals surface area contributed by atoms with Gasteiger partial charge in [0.25, 0.3) is 0 Å². The Kier molecular flexibility index (Phi) is 5.22. The molecule has 0 bridgehead atoms. The zero-order valence-electron chi connectivity index (χ0n) is 14.9. The number of aromatic nitrogens is 3. The van der Waals surface area contributed by atoms with Gasteiger partial charge in [0, 0.05) is 24.9 Å². The van der Waals surface area contributed by atoms with Gasteiger partial charge in [-0.25, -0.2) is 23.1 Å². The van der Waals surface area contributed by atoms with Gasteiger partial charge in [-0.05, 0) is 19.0 Å². The number of ether oxygens (including phenoxy) is 1. The van der Waals surface area contributed by atoms with Crippen molar-refractivity contribution in [2.75, 3.05) is 18.4 Å². The Morgan fingerprint density at radius 2 is 2.07 bits per heavy atom. The second-order valence-electron chi connectivity index (χ2n) is 6.52. The lowest BCUT2D eigenvalue weighted by Crippen LogP contribution is -2.46. The quantitative estimate of drug-likeness (QED) is 0.628. The molecule has 1 fully saturated rings. The van der Waals surface area contributed by atoms with E-state index in [4.69, 9.17) is 0 Å². The zero-order valence-corrected chi connectivity index (χ0v) is 14.9. The van der Waals surface area contributed by atoms with Crippen molar-refractivity contribution in [2.24, 2.45) is 0 Å². The summed E-state index contributed by atoms with van der Waals surface area (Å²) in [6, 6.07) is 2.45. The molecule has 0 radical (unpaired) electrons. The van der Waals surface area contributed by atoms with Gasteiger partial charge in [0.05, 0.1) is 17.9 Å². The fourth-order valence-corrected chi connectivity index (χ4v) is 3.20. The van der Waals surface area contributed by atoms with E-state index in [2.05, 4.69) is 25.3 Å². The van der Waals surface area contributed by atoms with Crippen LogP contribution in [0.3, 0.4) is 0 Å². The lowest BCUT2D eigenvalue weighted by atomic mass is 10.1. The molecular formula is C18H16F5N5O. The van der Waals surface area contributed by atoms with Crippen molar-refractivity contribution in [3.05, 3.63) is 42.2 Å². The molecule has 0 spiro atoms. The van der Waals surface area contributed by atoms with E-state index in [1.165, 1.54) is 28.9 Å². The van der Waals surface area contributed by atoms with E-state index < -0.39 is 30.5 Å². The molecule has 0 saturated carbocycles. The van der Waals surface area contributed by atoms with Crippen molar-refractivity contribution in [3.63, 3.8) is 0 Å². The van der Waals surface area contributed by atoms with Crippen molar-refractivity contribution >= 4 is 11.5 Å². The van der Waals surface area contributed by atoms with Crippen LogP contribution in [0.5, 0.6) is 5.75 Å². The summed E-state index contributed by atoms with van der Waals surface area (Å²) in [5.74, 6) is -2.30. The molecule has 4 rings (SSSR count). The molecule has 3 aromatic heterocycles. The number of fused-ring (bicyclic) bond motifs is 1. The predicted molar refractivity (Wildman–Crippen MR) is 94.8 cm³/mol. The van der Waals surface area contributed by atoms with Gasteiger partial charge in [0.15, 0.2) is 17.5 Å². The summed E-state index contributed by atoms with van der Waals surface area (Å²) in [5, 5.41) is 5.68. The van der Waals surface area contributed by atoms with Crippen LogP contribution in [0.1, 0.15) is 6.42 Å². The van der Waals surface area contributed by atoms with Gasteiger partial charge in [-0.15, -0.1) is 0 Å². The van der Waals surface area contributed by atoms with Crippen molar-refractivity contribution in [3.8, 4) is 17.1 Å². The highest BCUT2D eigenvalue weighted by molar-refractivity contribution is 5.63. The number of rotatable bonds is 5. The summed E-state index contributed by atoms with van der Waals surface area (Å²) in [6.45, 7) is -2.20. The number of alkyl halides is 3. The maximum absolute atomic E-state index is 14.4. The van der Waals surface area contributed by atoms with Crippen LogP contribution in [0.2, 0.25) is 0 Å². The Hall–Kier alpha value is -2.95. The maximum atomic E-state index is 14.4. The fourth-order valence-electron chi connectivity index (χ4n) is 3.20. The maximum Gasteiger partial charge on any atom is 0.387 e. The normalized spacial score (nSPS) is 19.7. The number of imidazole rings is 1. The first-order valence-electron chi connectivity index (χ1n) is 8.82. The second-order valence-corrected chi connectivity index (χ2v) is 6.52. The summed E-state index contributed by atoms with van der Waals surface area (Å²) < 4.78 is 73.2. The van der Waals surface area contributed by atoms with Crippen LogP contribution in [0.4, 0.5) is 27.8 Å². The average molecular weight is 413 g/mol. The zero-order chi connectivity index (χ0) is 20.5. The van der Waals surface area contributed by atoms with Crippen LogP contribution in [0.25, 0.3) is 17.0 Å². The Bertz CT molecular complexity index is 1030. The minimum absolute atomic E-state index is 0.113. The van der Waals surface area contributed by atoms with Gasteiger partial charge in [-0.2, -0.15) is 8.78 Å². The fraction of sp³-hybridized carbons (Fsp3) is 0.333. The van der Waals surface area contributed by atoms with Gasteiger partial charge in [-0.1, -0.05) is 0 Å². The van der Waals surface area contributed by atoms with E-state index in [9.17, 15) is 22.0 Å². The topological polar surface area (TPSA) is 63.5 Å². The minimum Gasteiger partial charge on any atom is -0.435 e. The number of nitrogens with zero attached hydrogens (tertiary/aromatic N) is 3. The summed E-state index contributed by atoms with van der Waals surface area (Å²) in [6.07, 6.45) is 1.70. The Morgan fingerprint density at radius 3 is 2.83 bits per heavy atom. The van der Waals surface area contributed by atoms with E-state index in [0.29, 0.717) is 12.6 Å². The highest BCUT2D eigenvalue weighted by Gasteiger charge is 2.26. The van der Waals surface area contributed by atoms with E-state index in [-0.39, 0.29) is 41.6 Å². The lowest BCUT2D eigenvalue weighted by molar-refractivity contribution is -0.0498. The highest BCUT2D eigenvalue weighted by atomic mass is 19.3. The Labute approximate surface area is 161 Å². The largest absolute Gasteiger partial charge is 0.435 e. The molecule has 29 heavy (non-hydrogen) atoms. The van der Waals surface area contributed by atoms with Gasteiger partial charge in [0.2, 0.25) is 0 Å². The van der Waals surface area contributed by atoms with E-state index >= 15 is 0 Å². The third-order valence-corrected chi connectivity index (χ3v) is 4.60. The molecule has 3 aromatic rings. The Morgan fingerprint density at radius 1 is 1.24 bits per heavy atom. The molecule has 4 heterocycles. The summed E-state index contributed by atoms with van der Waals surface area (Å²) in [5.41, 5.74) is 0.157. The smallest absolute Gasteiger partial charge is 0.387 e. The standard InChI is InChI=1S/C18H16F5N5O/c19-10-1-3-24-7-13(10)26-17-12(21)6-11(20)16(27-17)14-8-25-15-5-9(29-18(22)23)2-4-28(14)15/h2,4-6,8,10,13,18,24H,1,3,7H2,(H,26,27)/t10-,13-/m0/s1. The average Bonchev–Trinajstić information content (AvgIpc) is 3.08. The van der Waals surface area contributed by atoms with E-state index in [1.807, 2.05) is 0 Å². The number of pyridine rings is 2. The monoisotopic (exact) mass is 413 g/mol. The third kappa shape index (κ3) is 3.95. The van der Waals surface area contributed by atoms with Crippen LogP contribution in [0, 0.1) is 11.6 Å². The molecule has 2 N–H and O–H groups in total. The molecular weight excluding hydrogens is 397 g/mol. The first-order chi connectivity index (χ1) is 13.9. The van der Waals surface area contributed by atoms with Crippen molar-refractivity contribution in [2.45, 2.75) is 25.2 Å². The Balaban J connectivity index is 1.69. The molecule has 2 atom stereocenters. The molecule has 1 saturated heterocycles. The molecule has 0 aliphatic carbocycles. The number of nitrogens with one attached hydrogen (secondary N) is 2. The second kappa shape index (κ2) is 7.82. The van der Waals surface area contributed by atoms with Crippen molar-refractivity contribution in [1.82, 2.24) is 19.7 Å². The molecule has 0 aromatic carbocycles. The van der Waals surface area contributed by atoms with Crippen LogP contribution in [-0.2, 0) is 0 Å². The number of hydrogen-bond acceptors (Lipinski definition) is 5. The van der Waals surface area contributed by atoms with Crippen LogP contribution in [-0.4, -0.2) is 46.3 Å². The van der Waals surface area contributed by atoms with Crippen LogP contribution in [0.15, 0.2) is 30.6 Å².